The molecule has 0 atom stereocenters. The Morgan fingerprint density at radius 1 is 0.830 bits per heavy atom. The van der Waals surface area contributed by atoms with Crippen molar-refractivity contribution < 1.29 is 9.53 Å². The number of aromatic nitrogens is 2. The van der Waals surface area contributed by atoms with E-state index in [1.807, 2.05) is 72.5 Å². The van der Waals surface area contributed by atoms with Crippen molar-refractivity contribution in [1.29, 1.82) is 5.41 Å². The number of rotatable bonds is 17. The van der Waals surface area contributed by atoms with Gasteiger partial charge in [0.05, 0.1) is 11.0 Å². The molecule has 5 N–H and O–H groups in total. The molecule has 244 valence electrons. The van der Waals surface area contributed by atoms with Gasteiger partial charge >= 0.3 is 0 Å². The number of ether oxygens (including phenoxy) is 1. The van der Waals surface area contributed by atoms with Crippen molar-refractivity contribution in [3.8, 4) is 0 Å². The van der Waals surface area contributed by atoms with Crippen LogP contribution in [0.5, 0.6) is 0 Å². The van der Waals surface area contributed by atoms with Gasteiger partial charge < -0.3 is 25.7 Å². The molecule has 5 rings (SSSR count). The minimum absolute atomic E-state index is 0.000805. The third-order valence-corrected chi connectivity index (χ3v) is 8.51. The van der Waals surface area contributed by atoms with Crippen LogP contribution in [0.2, 0.25) is 0 Å². The maximum absolute atomic E-state index is 14.1. The molecule has 0 spiro atoms. The molecular formula is C39H46N6O2. The highest BCUT2D eigenvalue weighted by molar-refractivity contribution is 5.97. The third kappa shape index (κ3) is 9.15. The first-order valence-corrected chi connectivity index (χ1v) is 16.6. The molecule has 8 nitrogen and oxygen atoms in total. The largest absolute Gasteiger partial charge is 0.384 e. The van der Waals surface area contributed by atoms with Crippen LogP contribution in [-0.4, -0.2) is 46.0 Å². The number of amidine groups is 1. The number of hydrogen-bond donors (Lipinski definition) is 3. The predicted octanol–water partition coefficient (Wildman–Crippen LogP) is 6.27. The fourth-order valence-electron chi connectivity index (χ4n) is 5.88. The summed E-state index contributed by atoms with van der Waals surface area (Å²) >= 11 is 0. The summed E-state index contributed by atoms with van der Waals surface area (Å²) in [5.74, 6) is 1.05. The molecule has 47 heavy (non-hydrogen) atoms. The first kappa shape index (κ1) is 33.6. The number of hydrogen-bond acceptors (Lipinski definition) is 5. The summed E-state index contributed by atoms with van der Waals surface area (Å²) < 4.78 is 7.89. The predicted molar refractivity (Wildman–Crippen MR) is 190 cm³/mol. The number of carbonyl (C=O) groups is 1. The lowest BCUT2D eigenvalue weighted by Gasteiger charge is -2.23. The number of benzene rings is 4. The smallest absolute Gasteiger partial charge is 0.254 e. The first-order valence-electron chi connectivity index (χ1n) is 16.6. The van der Waals surface area contributed by atoms with E-state index >= 15 is 0 Å². The Bertz CT molecular complexity index is 1750. The van der Waals surface area contributed by atoms with E-state index in [0.717, 1.165) is 77.8 Å². The highest BCUT2D eigenvalue weighted by Crippen LogP contribution is 2.22. The average molecular weight is 631 g/mol. The van der Waals surface area contributed by atoms with Crippen LogP contribution in [0.15, 0.2) is 97.1 Å². The lowest BCUT2D eigenvalue weighted by molar-refractivity contribution is 0.0741. The molecule has 8 heteroatoms. The number of carbonyl (C=O) groups excluding carboxylic acids is 1. The van der Waals surface area contributed by atoms with Gasteiger partial charge in [-0.3, -0.25) is 10.2 Å². The van der Waals surface area contributed by atoms with Gasteiger partial charge in [-0.25, -0.2) is 4.98 Å². The normalized spacial score (nSPS) is 11.2. The van der Waals surface area contributed by atoms with Gasteiger partial charge in [0.25, 0.3) is 5.91 Å². The van der Waals surface area contributed by atoms with Gasteiger partial charge in [0, 0.05) is 56.9 Å². The van der Waals surface area contributed by atoms with E-state index in [0.29, 0.717) is 38.4 Å². The van der Waals surface area contributed by atoms with E-state index in [2.05, 4.69) is 41.0 Å². The lowest BCUT2D eigenvalue weighted by Crippen LogP contribution is -2.31. The average Bonchev–Trinajstić information content (AvgIpc) is 3.45. The number of nitrogens with zero attached hydrogens (tertiary/aromatic N) is 3. The highest BCUT2D eigenvalue weighted by atomic mass is 16.5. The summed E-state index contributed by atoms with van der Waals surface area (Å²) in [5, 5.41) is 7.66. The molecule has 0 fully saturated rings. The number of imidazole rings is 1. The second-order valence-electron chi connectivity index (χ2n) is 11.9. The van der Waals surface area contributed by atoms with Gasteiger partial charge in [-0.2, -0.15) is 0 Å². The zero-order chi connectivity index (χ0) is 33.0. The van der Waals surface area contributed by atoms with E-state index in [-0.39, 0.29) is 11.7 Å². The number of fused-ring (bicyclic) bond motifs is 1. The maximum Gasteiger partial charge on any atom is 0.254 e. The Labute approximate surface area is 277 Å². The number of amides is 1. The van der Waals surface area contributed by atoms with Crippen LogP contribution in [0.3, 0.4) is 0 Å². The topological polar surface area (TPSA) is 123 Å². The first-order chi connectivity index (χ1) is 22.9. The second-order valence-corrected chi connectivity index (χ2v) is 11.9. The molecule has 0 saturated heterocycles. The van der Waals surface area contributed by atoms with Crippen molar-refractivity contribution >= 4 is 22.8 Å². The summed E-state index contributed by atoms with van der Waals surface area (Å²) in [7, 11) is 0. The molecule has 0 aliphatic heterocycles. The van der Waals surface area contributed by atoms with Gasteiger partial charge in [0.2, 0.25) is 0 Å². The number of nitrogen functional groups attached to an aromatic ring is 1. The Balaban J connectivity index is 1.38. The van der Waals surface area contributed by atoms with Crippen molar-refractivity contribution in [3.05, 3.63) is 136 Å². The van der Waals surface area contributed by atoms with Crippen LogP contribution in [-0.2, 0) is 43.6 Å². The lowest BCUT2D eigenvalue weighted by atomic mass is 10.1. The number of nitrogens with two attached hydrogens (primary N) is 2. The van der Waals surface area contributed by atoms with Crippen LogP contribution in [0.4, 0.5) is 0 Å². The van der Waals surface area contributed by atoms with Crippen molar-refractivity contribution in [2.45, 2.75) is 58.7 Å². The Hall–Kier alpha value is -4.79. The summed E-state index contributed by atoms with van der Waals surface area (Å²) in [5.41, 5.74) is 19.2. The number of aryl methyl sites for hydroxylation is 4. The van der Waals surface area contributed by atoms with Crippen LogP contribution >= 0.6 is 0 Å². The van der Waals surface area contributed by atoms with Crippen LogP contribution in [0.25, 0.3) is 11.0 Å². The van der Waals surface area contributed by atoms with Crippen LogP contribution in [0, 0.1) is 5.41 Å². The summed E-state index contributed by atoms with van der Waals surface area (Å²) in [4.78, 5) is 21.1. The standard InChI is InChI=1S/C39H46N6O2/c1-2-47-25-7-24-45-36-21-20-34(26-35(36)43-37(45)22-17-30-15-18-33(19-16-30)38(41)42)39(46)44(23-6-10-29-8-4-3-5-9-29)28-32-13-11-31(27-40)12-14-32/h3-5,8-9,11-16,18-21,26H,2,6-7,10,17,22-25,27-28,40H2,1H3,(H3,41,42). The van der Waals surface area contributed by atoms with Crippen LogP contribution in [0.1, 0.15) is 63.8 Å². The molecule has 0 saturated carbocycles. The molecular weight excluding hydrogens is 584 g/mol. The molecule has 1 amide bonds. The van der Waals surface area contributed by atoms with Crippen molar-refractivity contribution in [1.82, 2.24) is 14.5 Å². The van der Waals surface area contributed by atoms with Crippen molar-refractivity contribution in [2.24, 2.45) is 11.5 Å². The molecule has 0 bridgehead atoms. The van der Waals surface area contributed by atoms with E-state index in [1.54, 1.807) is 0 Å². The molecule has 0 aliphatic rings. The van der Waals surface area contributed by atoms with E-state index in [9.17, 15) is 4.79 Å². The summed E-state index contributed by atoms with van der Waals surface area (Å²) in [6, 6.07) is 32.3. The number of nitrogens with one attached hydrogen (secondary N) is 1. The van der Waals surface area contributed by atoms with Crippen molar-refractivity contribution in [3.63, 3.8) is 0 Å². The van der Waals surface area contributed by atoms with E-state index < -0.39 is 0 Å². The van der Waals surface area contributed by atoms with Gasteiger partial charge in [0.1, 0.15) is 11.7 Å². The molecule has 0 radical (unpaired) electrons. The van der Waals surface area contributed by atoms with Crippen LogP contribution < -0.4 is 11.5 Å². The molecule has 1 heterocycles. The monoisotopic (exact) mass is 630 g/mol. The quantitative estimate of drug-likeness (QED) is 0.0635. The molecule has 5 aromatic rings. The van der Waals surface area contributed by atoms with Crippen molar-refractivity contribution in [2.75, 3.05) is 19.8 Å². The minimum Gasteiger partial charge on any atom is -0.384 e. The molecule has 4 aromatic carbocycles. The molecule has 1 aromatic heterocycles. The zero-order valence-electron chi connectivity index (χ0n) is 27.3. The highest BCUT2D eigenvalue weighted by Gasteiger charge is 2.19. The van der Waals surface area contributed by atoms with Gasteiger partial charge in [-0.15, -0.1) is 0 Å². The second kappa shape index (κ2) is 16.7. The fraction of sp³-hybridized carbons (Fsp3) is 0.308. The maximum atomic E-state index is 14.1. The van der Waals surface area contributed by atoms with E-state index in [1.165, 1.54) is 5.56 Å². The van der Waals surface area contributed by atoms with E-state index in [4.69, 9.17) is 26.6 Å². The molecule has 0 aliphatic carbocycles. The SMILES string of the molecule is CCOCCCn1c(CCc2ccc(C(=N)N)cc2)nc2cc(C(=O)N(CCCc3ccccc3)Cc3ccc(CN)cc3)ccc21. The van der Waals surface area contributed by atoms with Gasteiger partial charge in [-0.1, -0.05) is 78.9 Å². The minimum atomic E-state index is 0.000805. The van der Waals surface area contributed by atoms with Gasteiger partial charge in [0.15, 0.2) is 0 Å². The third-order valence-electron chi connectivity index (χ3n) is 8.51. The Morgan fingerprint density at radius 3 is 2.21 bits per heavy atom. The summed E-state index contributed by atoms with van der Waals surface area (Å²) in [6.45, 7) is 5.83. The van der Waals surface area contributed by atoms with Gasteiger partial charge in [-0.05, 0) is 73.1 Å². The fourth-order valence-corrected chi connectivity index (χ4v) is 5.88. The summed E-state index contributed by atoms with van der Waals surface area (Å²) in [6.07, 6.45) is 4.19. The zero-order valence-corrected chi connectivity index (χ0v) is 27.3. The Kier molecular flexibility index (Phi) is 11.9. The Morgan fingerprint density at radius 2 is 1.51 bits per heavy atom. The molecule has 0 unspecified atom stereocenters.